The van der Waals surface area contributed by atoms with Gasteiger partial charge in [0, 0.05) is 34.3 Å². The molecule has 0 aliphatic carbocycles. The first-order valence-electron chi connectivity index (χ1n) is 10.2. The Labute approximate surface area is 189 Å². The molecule has 0 unspecified atom stereocenters. The number of hydrogen-bond acceptors (Lipinski definition) is 4. The van der Waals surface area contributed by atoms with E-state index >= 15 is 0 Å². The Hall–Kier alpha value is -3.62. The van der Waals surface area contributed by atoms with Crippen LogP contribution in [0.3, 0.4) is 0 Å². The molecule has 0 fully saturated rings. The van der Waals surface area contributed by atoms with Crippen molar-refractivity contribution in [2.75, 3.05) is 6.61 Å². The van der Waals surface area contributed by atoms with Gasteiger partial charge in [0.2, 0.25) is 5.78 Å². The maximum absolute atomic E-state index is 12.8. The van der Waals surface area contributed by atoms with Crippen molar-refractivity contribution in [3.63, 3.8) is 0 Å². The zero-order valence-corrected chi connectivity index (χ0v) is 18.7. The van der Waals surface area contributed by atoms with E-state index in [1.54, 1.807) is 10.8 Å². The largest absolute Gasteiger partial charge is 0.454 e. The molecular weight excluding hydrogens is 435 g/mol. The lowest BCUT2D eigenvalue weighted by Gasteiger charge is -2.12. The predicted molar refractivity (Wildman–Crippen MR) is 117 cm³/mol. The van der Waals surface area contributed by atoms with E-state index in [2.05, 4.69) is 5.10 Å². The molecule has 6 nitrogen and oxygen atoms in total. The minimum Gasteiger partial charge on any atom is -0.454 e. The van der Waals surface area contributed by atoms with E-state index in [-0.39, 0.29) is 11.3 Å². The molecule has 3 rings (SSSR count). The molecule has 0 aliphatic rings. The maximum Gasteiger partial charge on any atom is 0.406 e. The Morgan fingerprint density at radius 3 is 2.36 bits per heavy atom. The van der Waals surface area contributed by atoms with E-state index in [1.165, 1.54) is 26.0 Å². The molecule has 1 aromatic carbocycles. The summed E-state index contributed by atoms with van der Waals surface area (Å²) < 4.78 is 46.1. The zero-order chi connectivity index (χ0) is 24.3. The molecule has 0 atom stereocenters. The number of esters is 1. The van der Waals surface area contributed by atoms with Crippen LogP contribution < -0.4 is 0 Å². The van der Waals surface area contributed by atoms with Crippen LogP contribution in [0.4, 0.5) is 13.2 Å². The van der Waals surface area contributed by atoms with Crippen molar-refractivity contribution in [1.82, 2.24) is 14.3 Å². The van der Waals surface area contributed by atoms with Gasteiger partial charge in [0.05, 0.1) is 11.4 Å². The summed E-state index contributed by atoms with van der Waals surface area (Å²) in [6.45, 7) is 4.86. The Kier molecular flexibility index (Phi) is 6.90. The number of hydrogen-bond donors (Lipinski definition) is 0. The number of nitrogens with zero attached hydrogens (tertiary/aromatic N) is 3. The van der Waals surface area contributed by atoms with E-state index < -0.39 is 31.1 Å². The number of alkyl halides is 3. The maximum atomic E-state index is 12.8. The highest BCUT2D eigenvalue weighted by molar-refractivity contribution is 6.00. The number of aryl methyl sites for hydroxylation is 2. The van der Waals surface area contributed by atoms with Gasteiger partial charge in [0.15, 0.2) is 6.61 Å². The third-order valence-corrected chi connectivity index (χ3v) is 5.29. The first-order chi connectivity index (χ1) is 15.5. The average Bonchev–Trinajstić information content (AvgIpc) is 3.20. The van der Waals surface area contributed by atoms with Gasteiger partial charge in [-0.25, -0.2) is 9.48 Å². The molecule has 0 bridgehead atoms. The summed E-state index contributed by atoms with van der Waals surface area (Å²) in [7, 11) is 0. The standard InChI is InChI=1S/C24H24F3N3O3/c1-15-12-21(17(3)29(15)14-24(25,26)27)22(31)13-33-23(32)11-10-20-16(2)28-30(18(20)4)19-8-6-5-7-9-19/h5-12H,13-14H2,1-4H3. The number of halogens is 3. The number of carbonyl (C=O) groups excluding carboxylic acids is 2. The van der Waals surface area contributed by atoms with Crippen molar-refractivity contribution >= 4 is 17.8 Å². The average molecular weight is 459 g/mol. The number of para-hydroxylation sites is 1. The summed E-state index contributed by atoms with van der Waals surface area (Å²) in [5, 5.41) is 4.49. The normalized spacial score (nSPS) is 11.8. The molecule has 0 amide bonds. The van der Waals surface area contributed by atoms with E-state index in [0.717, 1.165) is 21.5 Å². The van der Waals surface area contributed by atoms with Crippen LogP contribution >= 0.6 is 0 Å². The molecule has 0 radical (unpaired) electrons. The highest BCUT2D eigenvalue weighted by atomic mass is 19.4. The molecule has 9 heteroatoms. The minimum atomic E-state index is -4.41. The Balaban J connectivity index is 1.66. The van der Waals surface area contributed by atoms with Crippen molar-refractivity contribution in [2.45, 2.75) is 40.4 Å². The Bertz CT molecular complexity index is 1210. The number of ether oxygens (including phenoxy) is 1. The van der Waals surface area contributed by atoms with Crippen LogP contribution in [-0.2, 0) is 16.1 Å². The zero-order valence-electron chi connectivity index (χ0n) is 18.7. The fourth-order valence-corrected chi connectivity index (χ4v) is 3.64. The van der Waals surface area contributed by atoms with Crippen molar-refractivity contribution in [2.24, 2.45) is 0 Å². The fourth-order valence-electron chi connectivity index (χ4n) is 3.64. The Morgan fingerprint density at radius 1 is 1.06 bits per heavy atom. The fraction of sp³-hybridized carbons (Fsp3) is 0.292. The summed E-state index contributed by atoms with van der Waals surface area (Å²) >= 11 is 0. The summed E-state index contributed by atoms with van der Waals surface area (Å²) in [4.78, 5) is 24.6. The quantitative estimate of drug-likeness (QED) is 0.286. The number of benzene rings is 1. The van der Waals surface area contributed by atoms with E-state index in [9.17, 15) is 22.8 Å². The molecule has 0 saturated carbocycles. The van der Waals surface area contributed by atoms with Crippen molar-refractivity contribution < 1.29 is 27.5 Å². The van der Waals surface area contributed by atoms with E-state index in [4.69, 9.17) is 4.74 Å². The SMILES string of the molecule is Cc1nn(-c2ccccc2)c(C)c1C=CC(=O)OCC(=O)c1cc(C)n(CC(F)(F)F)c1C. The van der Waals surface area contributed by atoms with Gasteiger partial charge in [0.1, 0.15) is 6.54 Å². The Morgan fingerprint density at radius 2 is 1.73 bits per heavy atom. The van der Waals surface area contributed by atoms with Crippen LogP contribution in [0.25, 0.3) is 11.8 Å². The lowest BCUT2D eigenvalue weighted by atomic mass is 10.1. The molecule has 3 aromatic rings. The summed E-state index contributed by atoms with van der Waals surface area (Å²) in [6, 6.07) is 10.9. The molecule has 0 aliphatic heterocycles. The van der Waals surface area contributed by atoms with Gasteiger partial charge in [-0.2, -0.15) is 18.3 Å². The minimum absolute atomic E-state index is 0.101. The van der Waals surface area contributed by atoms with Crippen molar-refractivity contribution in [1.29, 1.82) is 0 Å². The van der Waals surface area contributed by atoms with Gasteiger partial charge >= 0.3 is 12.1 Å². The second kappa shape index (κ2) is 9.48. The number of rotatable bonds is 7. The topological polar surface area (TPSA) is 66.1 Å². The van der Waals surface area contributed by atoms with Gasteiger partial charge in [-0.05, 0) is 52.0 Å². The van der Waals surface area contributed by atoms with Gasteiger partial charge < -0.3 is 9.30 Å². The van der Waals surface area contributed by atoms with Crippen LogP contribution in [0.15, 0.2) is 42.5 Å². The number of Topliss-reactive ketones (excluding diaryl/α,β-unsaturated/α-hetero) is 1. The van der Waals surface area contributed by atoms with Gasteiger partial charge in [-0.1, -0.05) is 18.2 Å². The lowest BCUT2D eigenvalue weighted by Crippen LogP contribution is -2.20. The van der Waals surface area contributed by atoms with Gasteiger partial charge in [-0.15, -0.1) is 0 Å². The first-order valence-corrected chi connectivity index (χ1v) is 10.2. The molecule has 33 heavy (non-hydrogen) atoms. The molecule has 174 valence electrons. The third-order valence-electron chi connectivity index (χ3n) is 5.29. The first kappa shape index (κ1) is 24.0. The van der Waals surface area contributed by atoms with Gasteiger partial charge in [0.25, 0.3) is 0 Å². The summed E-state index contributed by atoms with van der Waals surface area (Å²) in [5.41, 5.74) is 3.77. The summed E-state index contributed by atoms with van der Waals surface area (Å²) in [6.07, 6.45) is -1.64. The van der Waals surface area contributed by atoms with Crippen LogP contribution in [0.2, 0.25) is 0 Å². The van der Waals surface area contributed by atoms with Crippen LogP contribution in [-0.4, -0.2) is 38.9 Å². The second-order valence-corrected chi connectivity index (χ2v) is 7.68. The van der Waals surface area contributed by atoms with Crippen molar-refractivity contribution in [3.8, 4) is 5.69 Å². The number of aromatic nitrogens is 3. The highest BCUT2D eigenvalue weighted by Gasteiger charge is 2.30. The molecule has 0 saturated heterocycles. The lowest BCUT2D eigenvalue weighted by molar-refractivity contribution is -0.141. The summed E-state index contributed by atoms with van der Waals surface area (Å²) in [5.74, 6) is -1.30. The molecule has 2 heterocycles. The van der Waals surface area contributed by atoms with E-state index in [0.29, 0.717) is 11.4 Å². The highest BCUT2D eigenvalue weighted by Crippen LogP contribution is 2.23. The number of ketones is 1. The second-order valence-electron chi connectivity index (χ2n) is 7.68. The molecule has 2 aromatic heterocycles. The van der Waals surface area contributed by atoms with Crippen LogP contribution in [0.1, 0.15) is 38.7 Å². The van der Waals surface area contributed by atoms with Crippen LogP contribution in [0, 0.1) is 27.7 Å². The molecule has 0 N–H and O–H groups in total. The molecular formula is C24H24F3N3O3. The monoisotopic (exact) mass is 459 g/mol. The van der Waals surface area contributed by atoms with Crippen molar-refractivity contribution in [3.05, 3.63) is 76.4 Å². The molecule has 0 spiro atoms. The predicted octanol–water partition coefficient (Wildman–Crippen LogP) is 4.91. The third kappa shape index (κ3) is 5.60. The van der Waals surface area contributed by atoms with E-state index in [1.807, 2.05) is 44.2 Å². The van der Waals surface area contributed by atoms with Crippen LogP contribution in [0.5, 0.6) is 0 Å². The number of carbonyl (C=O) groups is 2. The van der Waals surface area contributed by atoms with Gasteiger partial charge in [-0.3, -0.25) is 4.79 Å². The smallest absolute Gasteiger partial charge is 0.406 e.